The average Bonchev–Trinajstić information content (AvgIpc) is 2.91. The van der Waals surface area contributed by atoms with Crippen LogP contribution in [-0.4, -0.2) is 48.6 Å². The molecule has 3 rings (SSSR count). The number of aromatic nitrogens is 2. The van der Waals surface area contributed by atoms with Crippen LogP contribution in [0.4, 0.5) is 10.2 Å². The zero-order valence-electron chi connectivity index (χ0n) is 12.2. The number of halogens is 2. The molecule has 1 amide bonds. The third-order valence-corrected chi connectivity index (χ3v) is 4.53. The van der Waals surface area contributed by atoms with E-state index in [1.165, 1.54) is 6.07 Å². The molecule has 1 saturated heterocycles. The zero-order valence-corrected chi connectivity index (χ0v) is 13.0. The molecule has 8 nitrogen and oxygen atoms in total. The molecule has 1 aliphatic heterocycles. The van der Waals surface area contributed by atoms with Gasteiger partial charge in [-0.1, -0.05) is 25.4 Å². The van der Waals surface area contributed by atoms with Gasteiger partial charge in [0.05, 0.1) is 0 Å². The van der Waals surface area contributed by atoms with Crippen molar-refractivity contribution >= 4 is 23.3 Å². The minimum Gasteiger partial charge on any atom is -0.387 e. The van der Waals surface area contributed by atoms with Crippen LogP contribution >= 0.6 is 11.6 Å². The molecule has 23 heavy (non-hydrogen) atoms. The molecule has 1 aromatic heterocycles. The molecule has 1 saturated carbocycles. The Morgan fingerprint density at radius 2 is 2.26 bits per heavy atom. The monoisotopic (exact) mass is 347 g/mol. The maximum absolute atomic E-state index is 14.6. The lowest BCUT2D eigenvalue weighted by Crippen LogP contribution is -2.45. The van der Waals surface area contributed by atoms with E-state index in [9.17, 15) is 24.2 Å². The number of alkyl halides is 2. The van der Waals surface area contributed by atoms with E-state index in [0.717, 1.165) is 10.8 Å². The van der Waals surface area contributed by atoms with Gasteiger partial charge in [0, 0.05) is 12.1 Å². The largest absolute Gasteiger partial charge is 0.387 e. The van der Waals surface area contributed by atoms with Crippen LogP contribution in [0.2, 0.25) is 0 Å². The minimum atomic E-state index is -2.88. The zero-order chi connectivity index (χ0) is 17.2. The molecule has 10 heteroatoms. The van der Waals surface area contributed by atoms with Gasteiger partial charge < -0.3 is 20.3 Å². The molecule has 2 fully saturated rings. The van der Waals surface area contributed by atoms with Gasteiger partial charge in [-0.05, 0) is 6.07 Å². The molecule has 0 aromatic carbocycles. The number of aliphatic hydroxyl groups excluding tert-OH is 1. The quantitative estimate of drug-likeness (QED) is 0.649. The molecular formula is C13H15ClFN3O5. The van der Waals surface area contributed by atoms with Crippen LogP contribution in [0, 0.1) is 5.92 Å². The molecule has 3 N–H and O–H groups in total. The number of nitrogens with zero attached hydrogens (tertiary/aromatic N) is 2. The second kappa shape index (κ2) is 4.97. The average molecular weight is 348 g/mol. The molecule has 0 spiro atoms. The maximum atomic E-state index is 14.6. The molecule has 0 radical (unpaired) electrons. The topological polar surface area (TPSA) is 114 Å². The van der Waals surface area contributed by atoms with Gasteiger partial charge in [-0.25, -0.2) is 9.18 Å². The summed E-state index contributed by atoms with van der Waals surface area (Å²) in [7, 11) is 0. The van der Waals surface area contributed by atoms with Gasteiger partial charge in [0.15, 0.2) is 11.8 Å². The standard InChI is InChI=1S/C13H15ClFN3O5/c1-5(2)9(20)16-6-3-4-18(11(21)17-6)10-13(14,15)12(22)7(19)8(12)23-10/h3-5,7-8,10,19,22H,1-2H3,(H,16,17,20,21). The van der Waals surface area contributed by atoms with Crippen LogP contribution < -0.4 is 11.0 Å². The summed E-state index contributed by atoms with van der Waals surface area (Å²) in [4.78, 5) is 27.2. The van der Waals surface area contributed by atoms with Gasteiger partial charge in [-0.2, -0.15) is 4.98 Å². The number of fused-ring (bicyclic) bond motifs is 1. The van der Waals surface area contributed by atoms with Crippen LogP contribution in [0.3, 0.4) is 0 Å². The molecular weight excluding hydrogens is 333 g/mol. The Hall–Kier alpha value is -1.55. The van der Waals surface area contributed by atoms with E-state index in [-0.39, 0.29) is 17.6 Å². The summed E-state index contributed by atoms with van der Waals surface area (Å²) in [5, 5.41) is 18.9. The molecule has 0 bridgehead atoms. The van der Waals surface area contributed by atoms with Crippen molar-refractivity contribution in [3.8, 4) is 0 Å². The van der Waals surface area contributed by atoms with Crippen LogP contribution in [0.15, 0.2) is 17.1 Å². The number of hydrogen-bond donors (Lipinski definition) is 3. The highest BCUT2D eigenvalue weighted by molar-refractivity contribution is 6.24. The highest BCUT2D eigenvalue weighted by atomic mass is 35.5. The number of amides is 1. The molecule has 2 heterocycles. The predicted molar refractivity (Wildman–Crippen MR) is 76.5 cm³/mol. The summed E-state index contributed by atoms with van der Waals surface area (Å²) >= 11 is 5.68. The van der Waals surface area contributed by atoms with Crippen molar-refractivity contribution in [2.45, 2.75) is 43.0 Å². The van der Waals surface area contributed by atoms with Crippen molar-refractivity contribution < 1.29 is 24.1 Å². The van der Waals surface area contributed by atoms with E-state index in [1.807, 2.05) is 0 Å². The summed E-state index contributed by atoms with van der Waals surface area (Å²) in [5.41, 5.74) is -3.18. The number of carbonyl (C=O) groups is 1. The van der Waals surface area contributed by atoms with Gasteiger partial charge in [0.25, 0.3) is 5.13 Å². The van der Waals surface area contributed by atoms with E-state index in [1.54, 1.807) is 13.8 Å². The molecule has 1 aliphatic carbocycles. The van der Waals surface area contributed by atoms with Crippen molar-refractivity contribution in [2.24, 2.45) is 5.92 Å². The Morgan fingerprint density at radius 3 is 2.74 bits per heavy atom. The second-order valence-corrected chi connectivity index (χ2v) is 6.50. The van der Waals surface area contributed by atoms with E-state index in [4.69, 9.17) is 16.3 Å². The number of aliphatic hydroxyl groups is 2. The van der Waals surface area contributed by atoms with E-state index < -0.39 is 34.9 Å². The number of anilines is 1. The van der Waals surface area contributed by atoms with Crippen molar-refractivity contribution in [3.05, 3.63) is 22.7 Å². The number of ether oxygens (including phenoxy) is 1. The smallest absolute Gasteiger partial charge is 0.351 e. The predicted octanol–water partition coefficient (Wildman–Crippen LogP) is -0.255. The van der Waals surface area contributed by atoms with Crippen LogP contribution in [-0.2, 0) is 9.53 Å². The van der Waals surface area contributed by atoms with Crippen LogP contribution in [0.1, 0.15) is 20.1 Å². The summed E-state index contributed by atoms with van der Waals surface area (Å²) in [6.07, 6.45) is -3.15. The van der Waals surface area contributed by atoms with Crippen molar-refractivity contribution in [1.29, 1.82) is 0 Å². The molecule has 1 aromatic rings. The number of hydrogen-bond acceptors (Lipinski definition) is 6. The molecule has 2 aliphatic rings. The van der Waals surface area contributed by atoms with Crippen molar-refractivity contribution in [2.75, 3.05) is 5.32 Å². The maximum Gasteiger partial charge on any atom is 0.351 e. The molecule has 5 atom stereocenters. The Kier molecular flexibility index (Phi) is 3.53. The lowest BCUT2D eigenvalue weighted by atomic mass is 10.1. The first kappa shape index (κ1) is 16.3. The van der Waals surface area contributed by atoms with Gasteiger partial charge >= 0.3 is 5.69 Å². The number of carbonyl (C=O) groups excluding carboxylic acids is 1. The minimum absolute atomic E-state index is 0.00545. The number of rotatable bonds is 3. The first-order valence-electron chi connectivity index (χ1n) is 6.94. The summed E-state index contributed by atoms with van der Waals surface area (Å²) in [6, 6.07) is 1.28. The van der Waals surface area contributed by atoms with Crippen molar-refractivity contribution in [3.63, 3.8) is 0 Å². The fourth-order valence-electron chi connectivity index (χ4n) is 2.49. The fraction of sp³-hybridized carbons (Fsp3) is 0.615. The van der Waals surface area contributed by atoms with Crippen LogP contribution in [0.5, 0.6) is 0 Å². The lowest BCUT2D eigenvalue weighted by molar-refractivity contribution is -0.118. The summed E-state index contributed by atoms with van der Waals surface area (Å²) in [6.45, 7) is 3.35. The highest BCUT2D eigenvalue weighted by Gasteiger charge is 2.85. The fourth-order valence-corrected chi connectivity index (χ4v) is 2.86. The van der Waals surface area contributed by atoms with E-state index >= 15 is 0 Å². The third kappa shape index (κ3) is 2.18. The molecule has 5 unspecified atom stereocenters. The Balaban J connectivity index is 1.86. The van der Waals surface area contributed by atoms with Gasteiger partial charge in [-0.15, -0.1) is 0 Å². The van der Waals surface area contributed by atoms with E-state index in [2.05, 4.69) is 10.3 Å². The van der Waals surface area contributed by atoms with Crippen LogP contribution in [0.25, 0.3) is 0 Å². The first-order chi connectivity index (χ1) is 10.6. The first-order valence-corrected chi connectivity index (χ1v) is 7.32. The Labute approximate surface area is 134 Å². The lowest BCUT2D eigenvalue weighted by Gasteiger charge is -2.27. The summed E-state index contributed by atoms with van der Waals surface area (Å²) < 4.78 is 20.5. The normalized spacial score (nSPS) is 38.5. The van der Waals surface area contributed by atoms with Gasteiger partial charge in [-0.3, -0.25) is 9.36 Å². The Bertz CT molecular complexity index is 724. The van der Waals surface area contributed by atoms with Gasteiger partial charge in [0.1, 0.15) is 18.0 Å². The second-order valence-electron chi connectivity index (χ2n) is 5.95. The molecule has 126 valence electrons. The number of nitrogens with one attached hydrogen (secondary N) is 1. The van der Waals surface area contributed by atoms with Crippen molar-refractivity contribution in [1.82, 2.24) is 9.55 Å². The van der Waals surface area contributed by atoms with E-state index in [0.29, 0.717) is 0 Å². The van der Waals surface area contributed by atoms with Gasteiger partial charge in [0.2, 0.25) is 5.91 Å². The highest BCUT2D eigenvalue weighted by Crippen LogP contribution is 2.63. The third-order valence-electron chi connectivity index (χ3n) is 4.04. The Morgan fingerprint density at radius 1 is 1.61 bits per heavy atom. The SMILES string of the molecule is CC(C)C(=O)Nc1ccn(C2OC3C(O)C3(O)C2(F)Cl)c(=O)n1. The summed E-state index contributed by atoms with van der Waals surface area (Å²) in [5.74, 6) is -0.630.